The molecule has 1 aromatic carbocycles. The Morgan fingerprint density at radius 3 is 2.95 bits per heavy atom. The van der Waals surface area contributed by atoms with Crippen LogP contribution in [0.5, 0.6) is 5.88 Å². The highest BCUT2D eigenvalue weighted by Crippen LogP contribution is 2.13. The van der Waals surface area contributed by atoms with Gasteiger partial charge in [-0.1, -0.05) is 12.1 Å². The summed E-state index contributed by atoms with van der Waals surface area (Å²) in [5, 5.41) is 2.80. The van der Waals surface area contributed by atoms with Gasteiger partial charge in [0.05, 0.1) is 7.11 Å². The molecule has 5 heteroatoms. The Morgan fingerprint density at radius 1 is 1.37 bits per heavy atom. The van der Waals surface area contributed by atoms with Crippen LogP contribution >= 0.6 is 0 Å². The fraction of sp³-hybridized carbons (Fsp3) is 0.143. The molecule has 0 saturated carbocycles. The molecule has 0 aliphatic carbocycles. The zero-order valence-electron chi connectivity index (χ0n) is 10.6. The molecule has 0 aliphatic heterocycles. The minimum absolute atomic E-state index is 0.182. The van der Waals surface area contributed by atoms with E-state index in [0.29, 0.717) is 23.7 Å². The minimum atomic E-state index is -0.182. The lowest BCUT2D eigenvalue weighted by Crippen LogP contribution is -2.23. The van der Waals surface area contributed by atoms with Gasteiger partial charge in [-0.15, -0.1) is 0 Å². The average Bonchev–Trinajstić information content (AvgIpc) is 2.45. The number of pyridine rings is 1. The van der Waals surface area contributed by atoms with E-state index in [9.17, 15) is 4.79 Å². The summed E-state index contributed by atoms with van der Waals surface area (Å²) in [6.45, 7) is 0.352. The predicted molar refractivity (Wildman–Crippen MR) is 72.8 cm³/mol. The normalized spacial score (nSPS) is 9.95. The van der Waals surface area contributed by atoms with Crippen LogP contribution in [0.2, 0.25) is 0 Å². The van der Waals surface area contributed by atoms with E-state index in [1.807, 2.05) is 6.07 Å². The largest absolute Gasteiger partial charge is 0.481 e. The number of aromatic nitrogens is 1. The van der Waals surface area contributed by atoms with Crippen molar-refractivity contribution in [1.29, 1.82) is 0 Å². The molecule has 0 spiro atoms. The highest BCUT2D eigenvalue weighted by atomic mass is 16.5. The monoisotopic (exact) mass is 257 g/mol. The number of carbonyl (C=O) groups excluding carboxylic acids is 1. The van der Waals surface area contributed by atoms with Crippen LogP contribution in [0.1, 0.15) is 15.9 Å². The van der Waals surface area contributed by atoms with Gasteiger partial charge in [0.15, 0.2) is 0 Å². The van der Waals surface area contributed by atoms with Crippen molar-refractivity contribution in [3.8, 4) is 5.88 Å². The fourth-order valence-electron chi connectivity index (χ4n) is 1.70. The third-order valence-corrected chi connectivity index (χ3v) is 2.63. The molecular formula is C14H15N3O2. The second kappa shape index (κ2) is 5.86. The first-order valence-electron chi connectivity index (χ1n) is 5.82. The second-order valence-electron chi connectivity index (χ2n) is 3.98. The molecule has 2 rings (SSSR count). The maximum Gasteiger partial charge on any atom is 0.251 e. The van der Waals surface area contributed by atoms with Gasteiger partial charge in [0.1, 0.15) is 0 Å². The van der Waals surface area contributed by atoms with Gasteiger partial charge in [0.25, 0.3) is 5.91 Å². The first-order chi connectivity index (χ1) is 9.20. The van der Waals surface area contributed by atoms with Crippen molar-refractivity contribution in [3.05, 3.63) is 53.7 Å². The standard InChI is InChI=1S/C14H15N3O2/c1-19-14-11(5-3-7-16-14)9-17-13(18)10-4-2-6-12(15)8-10/h2-8H,9,15H2,1H3,(H,17,18). The third kappa shape index (κ3) is 3.22. The van der Waals surface area contributed by atoms with Crippen LogP contribution in [-0.4, -0.2) is 18.0 Å². The first kappa shape index (κ1) is 12.9. The van der Waals surface area contributed by atoms with E-state index in [-0.39, 0.29) is 5.91 Å². The Bertz CT molecular complexity index is 584. The van der Waals surface area contributed by atoms with Crippen LogP contribution in [0, 0.1) is 0 Å². The number of hydrogen-bond acceptors (Lipinski definition) is 4. The average molecular weight is 257 g/mol. The van der Waals surface area contributed by atoms with Crippen LogP contribution in [0.15, 0.2) is 42.6 Å². The van der Waals surface area contributed by atoms with Crippen molar-refractivity contribution < 1.29 is 9.53 Å². The van der Waals surface area contributed by atoms with Gasteiger partial charge in [0.2, 0.25) is 5.88 Å². The van der Waals surface area contributed by atoms with E-state index < -0.39 is 0 Å². The summed E-state index contributed by atoms with van der Waals surface area (Å²) in [6, 6.07) is 10.5. The quantitative estimate of drug-likeness (QED) is 0.816. The molecule has 0 unspecified atom stereocenters. The number of methoxy groups -OCH3 is 1. The maximum absolute atomic E-state index is 11.9. The van der Waals surface area contributed by atoms with E-state index in [0.717, 1.165) is 5.56 Å². The number of anilines is 1. The molecule has 0 bridgehead atoms. The summed E-state index contributed by atoms with van der Waals surface area (Å²) in [5.41, 5.74) is 7.55. The van der Waals surface area contributed by atoms with Crippen LogP contribution in [0.25, 0.3) is 0 Å². The van der Waals surface area contributed by atoms with Crippen molar-refractivity contribution in [3.63, 3.8) is 0 Å². The number of nitrogens with one attached hydrogen (secondary N) is 1. The molecule has 2 aromatic rings. The molecule has 0 fully saturated rings. The van der Waals surface area contributed by atoms with Gasteiger partial charge in [-0.05, 0) is 24.3 Å². The maximum atomic E-state index is 11.9. The first-order valence-corrected chi connectivity index (χ1v) is 5.82. The highest BCUT2D eigenvalue weighted by Gasteiger charge is 2.08. The summed E-state index contributed by atoms with van der Waals surface area (Å²) in [5.74, 6) is 0.327. The molecule has 5 nitrogen and oxygen atoms in total. The molecule has 19 heavy (non-hydrogen) atoms. The summed E-state index contributed by atoms with van der Waals surface area (Å²) in [7, 11) is 1.55. The lowest BCUT2D eigenvalue weighted by Gasteiger charge is -2.08. The van der Waals surface area contributed by atoms with Gasteiger partial charge in [-0.25, -0.2) is 4.98 Å². The molecule has 1 aromatic heterocycles. The van der Waals surface area contributed by atoms with E-state index in [1.165, 1.54) is 0 Å². The van der Waals surface area contributed by atoms with Crippen molar-refractivity contribution in [2.75, 3.05) is 12.8 Å². The number of nitrogen functional groups attached to an aromatic ring is 1. The Morgan fingerprint density at radius 2 is 2.21 bits per heavy atom. The zero-order chi connectivity index (χ0) is 13.7. The number of nitrogens with zero attached hydrogens (tertiary/aromatic N) is 1. The van der Waals surface area contributed by atoms with Crippen LogP contribution in [0.4, 0.5) is 5.69 Å². The summed E-state index contributed by atoms with van der Waals surface area (Å²) < 4.78 is 5.12. The van der Waals surface area contributed by atoms with E-state index in [1.54, 1.807) is 43.6 Å². The van der Waals surface area contributed by atoms with Crippen molar-refractivity contribution in [2.45, 2.75) is 6.54 Å². The van der Waals surface area contributed by atoms with Crippen molar-refractivity contribution >= 4 is 11.6 Å². The van der Waals surface area contributed by atoms with Gasteiger partial charge < -0.3 is 15.8 Å². The summed E-state index contributed by atoms with van der Waals surface area (Å²) >= 11 is 0. The van der Waals surface area contributed by atoms with Gasteiger partial charge in [0, 0.05) is 29.6 Å². The van der Waals surface area contributed by atoms with Crippen molar-refractivity contribution in [2.24, 2.45) is 0 Å². The molecule has 0 aliphatic rings. The number of amides is 1. The summed E-state index contributed by atoms with van der Waals surface area (Å²) in [6.07, 6.45) is 1.64. The van der Waals surface area contributed by atoms with Crippen LogP contribution in [-0.2, 0) is 6.54 Å². The lowest BCUT2D eigenvalue weighted by molar-refractivity contribution is 0.0950. The Balaban J connectivity index is 2.04. The highest BCUT2D eigenvalue weighted by molar-refractivity contribution is 5.94. The van der Waals surface area contributed by atoms with Crippen molar-refractivity contribution in [1.82, 2.24) is 10.3 Å². The number of hydrogen-bond donors (Lipinski definition) is 2. The third-order valence-electron chi connectivity index (χ3n) is 2.63. The molecule has 0 radical (unpaired) electrons. The summed E-state index contributed by atoms with van der Waals surface area (Å²) in [4.78, 5) is 16.0. The Kier molecular flexibility index (Phi) is 3.97. The smallest absolute Gasteiger partial charge is 0.251 e. The van der Waals surface area contributed by atoms with Gasteiger partial charge in [-0.3, -0.25) is 4.79 Å². The van der Waals surface area contributed by atoms with Gasteiger partial charge >= 0.3 is 0 Å². The Labute approximate surface area is 111 Å². The molecule has 98 valence electrons. The number of carbonyl (C=O) groups is 1. The second-order valence-corrected chi connectivity index (χ2v) is 3.98. The molecule has 0 atom stereocenters. The zero-order valence-corrected chi connectivity index (χ0v) is 10.6. The molecule has 0 saturated heterocycles. The van der Waals surface area contributed by atoms with Crippen LogP contribution < -0.4 is 15.8 Å². The molecule has 3 N–H and O–H groups in total. The Hall–Kier alpha value is -2.56. The van der Waals surface area contributed by atoms with E-state index in [4.69, 9.17) is 10.5 Å². The van der Waals surface area contributed by atoms with E-state index >= 15 is 0 Å². The number of rotatable bonds is 4. The fourth-order valence-corrected chi connectivity index (χ4v) is 1.70. The minimum Gasteiger partial charge on any atom is -0.481 e. The number of benzene rings is 1. The molecule has 1 amide bonds. The molecule has 1 heterocycles. The lowest BCUT2D eigenvalue weighted by atomic mass is 10.2. The SMILES string of the molecule is COc1ncccc1CNC(=O)c1cccc(N)c1. The van der Waals surface area contributed by atoms with Gasteiger partial charge in [-0.2, -0.15) is 0 Å². The topological polar surface area (TPSA) is 77.2 Å². The van der Waals surface area contributed by atoms with Crippen LogP contribution in [0.3, 0.4) is 0 Å². The number of ether oxygens (including phenoxy) is 1. The molecular weight excluding hydrogens is 242 g/mol. The number of nitrogens with two attached hydrogens (primary N) is 1. The van der Waals surface area contributed by atoms with E-state index in [2.05, 4.69) is 10.3 Å². The predicted octanol–water partition coefficient (Wildman–Crippen LogP) is 1.60.